The highest BCUT2D eigenvalue weighted by atomic mass is 32.2. The monoisotopic (exact) mass is 272 g/mol. The Morgan fingerprint density at radius 3 is 3.00 bits per heavy atom. The van der Waals surface area contributed by atoms with Crippen LogP contribution in [0.2, 0.25) is 0 Å². The van der Waals surface area contributed by atoms with Gasteiger partial charge in [0.15, 0.2) is 0 Å². The first-order valence-electron chi connectivity index (χ1n) is 5.95. The summed E-state index contributed by atoms with van der Waals surface area (Å²) < 4.78 is 11.7. The minimum Gasteiger partial charge on any atom is -0.462 e. The summed E-state index contributed by atoms with van der Waals surface area (Å²) in [6.45, 7) is 2.95. The second-order valence-electron chi connectivity index (χ2n) is 3.75. The van der Waals surface area contributed by atoms with Gasteiger partial charge < -0.3 is 9.47 Å². The molecule has 0 N–H and O–H groups in total. The number of nitrogens with zero attached hydrogens (tertiary/aromatic N) is 2. The van der Waals surface area contributed by atoms with E-state index in [2.05, 4.69) is 5.10 Å². The molecular weight excluding hydrogens is 252 g/mol. The van der Waals surface area contributed by atoms with Gasteiger partial charge in [0.05, 0.1) is 18.5 Å². The lowest BCUT2D eigenvalue weighted by molar-refractivity contribution is 0.0525. The lowest BCUT2D eigenvalue weighted by Crippen LogP contribution is -2.08. The minimum atomic E-state index is -0.293. The topological polar surface area (TPSA) is 53.3 Å². The second kappa shape index (κ2) is 8.16. The van der Waals surface area contributed by atoms with Crippen LogP contribution in [-0.4, -0.2) is 41.8 Å². The fourth-order valence-corrected chi connectivity index (χ4v) is 2.49. The highest BCUT2D eigenvalue weighted by molar-refractivity contribution is 7.98. The third-order valence-corrected chi connectivity index (χ3v) is 3.49. The molecule has 5 nitrogen and oxygen atoms in total. The predicted molar refractivity (Wildman–Crippen MR) is 71.8 cm³/mol. The van der Waals surface area contributed by atoms with Gasteiger partial charge in [0, 0.05) is 26.5 Å². The third kappa shape index (κ3) is 4.34. The molecule has 0 aliphatic heterocycles. The van der Waals surface area contributed by atoms with Crippen LogP contribution >= 0.6 is 11.8 Å². The van der Waals surface area contributed by atoms with Crippen LogP contribution in [0.25, 0.3) is 0 Å². The number of aromatic nitrogens is 2. The average molecular weight is 272 g/mol. The molecule has 6 heteroatoms. The average Bonchev–Trinajstić information content (AvgIpc) is 2.71. The third-order valence-electron chi connectivity index (χ3n) is 2.43. The number of rotatable bonds is 8. The van der Waals surface area contributed by atoms with Gasteiger partial charge in [0.1, 0.15) is 5.56 Å². The van der Waals surface area contributed by atoms with Gasteiger partial charge in [0.2, 0.25) is 0 Å². The second-order valence-corrected chi connectivity index (χ2v) is 4.85. The van der Waals surface area contributed by atoms with Gasteiger partial charge in [0.25, 0.3) is 0 Å². The van der Waals surface area contributed by atoms with Gasteiger partial charge in [-0.3, -0.25) is 4.68 Å². The first kappa shape index (κ1) is 15.0. The van der Waals surface area contributed by atoms with Crippen molar-refractivity contribution in [2.45, 2.75) is 19.1 Å². The maximum Gasteiger partial charge on any atom is 0.341 e. The van der Waals surface area contributed by atoms with Gasteiger partial charge in [-0.25, -0.2) is 4.79 Å². The van der Waals surface area contributed by atoms with Gasteiger partial charge in [-0.1, -0.05) is 0 Å². The molecule has 0 fully saturated rings. The molecule has 0 spiro atoms. The number of carbonyl (C=O) groups excluding carboxylic acids is 1. The smallest absolute Gasteiger partial charge is 0.341 e. The number of thioether (sulfide) groups is 1. The van der Waals surface area contributed by atoms with E-state index in [-0.39, 0.29) is 5.97 Å². The molecule has 0 aliphatic carbocycles. The fourth-order valence-electron chi connectivity index (χ4n) is 1.49. The Morgan fingerprint density at radius 2 is 2.33 bits per heavy atom. The van der Waals surface area contributed by atoms with Crippen molar-refractivity contribution in [1.29, 1.82) is 0 Å². The van der Waals surface area contributed by atoms with Crippen LogP contribution in [0, 0.1) is 0 Å². The largest absolute Gasteiger partial charge is 0.462 e. The summed E-state index contributed by atoms with van der Waals surface area (Å²) in [6.07, 6.45) is 2.58. The Kier molecular flexibility index (Phi) is 6.82. The van der Waals surface area contributed by atoms with E-state index in [0.29, 0.717) is 12.2 Å². The molecule has 1 aromatic heterocycles. The summed E-state index contributed by atoms with van der Waals surface area (Å²) in [4.78, 5) is 11.7. The fraction of sp³-hybridized carbons (Fsp3) is 0.667. The number of hydrogen-bond donors (Lipinski definition) is 0. The zero-order chi connectivity index (χ0) is 13.4. The minimum absolute atomic E-state index is 0.293. The molecule has 0 atom stereocenters. The number of carbonyl (C=O) groups is 1. The Morgan fingerprint density at radius 1 is 1.56 bits per heavy atom. The van der Waals surface area contributed by atoms with Crippen LogP contribution in [0.15, 0.2) is 6.20 Å². The van der Waals surface area contributed by atoms with E-state index in [1.165, 1.54) is 0 Å². The van der Waals surface area contributed by atoms with Crippen molar-refractivity contribution in [2.24, 2.45) is 7.05 Å². The zero-order valence-corrected chi connectivity index (χ0v) is 12.0. The molecule has 0 bridgehead atoms. The van der Waals surface area contributed by atoms with E-state index in [0.717, 1.165) is 30.2 Å². The van der Waals surface area contributed by atoms with Crippen molar-refractivity contribution in [3.63, 3.8) is 0 Å². The number of esters is 1. The van der Waals surface area contributed by atoms with Gasteiger partial charge in [-0.15, -0.1) is 0 Å². The van der Waals surface area contributed by atoms with Gasteiger partial charge >= 0.3 is 5.97 Å². The van der Waals surface area contributed by atoms with Crippen LogP contribution in [0.3, 0.4) is 0 Å². The molecule has 0 radical (unpaired) electrons. The van der Waals surface area contributed by atoms with Crippen molar-refractivity contribution in [2.75, 3.05) is 26.1 Å². The summed E-state index contributed by atoms with van der Waals surface area (Å²) >= 11 is 1.77. The lowest BCUT2D eigenvalue weighted by atomic mass is 10.3. The van der Waals surface area contributed by atoms with E-state index in [1.807, 2.05) is 7.05 Å². The maximum atomic E-state index is 11.7. The van der Waals surface area contributed by atoms with Gasteiger partial charge in [-0.05, 0) is 19.1 Å². The Bertz CT molecular complexity index is 379. The molecule has 0 saturated carbocycles. The Balaban J connectivity index is 2.53. The molecule has 1 heterocycles. The van der Waals surface area contributed by atoms with Crippen molar-refractivity contribution in [3.05, 3.63) is 17.5 Å². The highest BCUT2D eigenvalue weighted by Crippen LogP contribution is 2.17. The van der Waals surface area contributed by atoms with Crippen molar-refractivity contribution in [1.82, 2.24) is 9.78 Å². The summed E-state index contributed by atoms with van der Waals surface area (Å²) in [5.41, 5.74) is 1.48. The van der Waals surface area contributed by atoms with E-state index in [1.54, 1.807) is 36.7 Å². The van der Waals surface area contributed by atoms with E-state index in [4.69, 9.17) is 9.47 Å². The van der Waals surface area contributed by atoms with Crippen LogP contribution in [-0.2, 0) is 22.3 Å². The molecule has 0 amide bonds. The van der Waals surface area contributed by atoms with Crippen molar-refractivity contribution in [3.8, 4) is 0 Å². The van der Waals surface area contributed by atoms with Crippen LogP contribution in [0.1, 0.15) is 29.4 Å². The van der Waals surface area contributed by atoms with E-state index in [9.17, 15) is 4.79 Å². The molecule has 0 saturated heterocycles. The normalized spacial score (nSPS) is 10.6. The summed E-state index contributed by atoms with van der Waals surface area (Å²) in [5, 5.41) is 4.11. The molecule has 1 aromatic rings. The summed E-state index contributed by atoms with van der Waals surface area (Å²) in [7, 11) is 3.54. The SMILES string of the molecule is CCOC(=O)c1cnn(C)c1CSCCCOC. The predicted octanol–water partition coefficient (Wildman–Crippen LogP) is 1.87. The van der Waals surface area contributed by atoms with Crippen LogP contribution in [0.5, 0.6) is 0 Å². The molecule has 0 aromatic carbocycles. The lowest BCUT2D eigenvalue weighted by Gasteiger charge is -2.06. The number of methoxy groups -OCH3 is 1. The number of aryl methyl sites for hydroxylation is 1. The van der Waals surface area contributed by atoms with Crippen molar-refractivity contribution >= 4 is 17.7 Å². The first-order valence-corrected chi connectivity index (χ1v) is 7.10. The van der Waals surface area contributed by atoms with Crippen LogP contribution in [0.4, 0.5) is 0 Å². The maximum absolute atomic E-state index is 11.7. The summed E-state index contributed by atoms with van der Waals surface area (Å²) in [6, 6.07) is 0. The molecular formula is C12H20N2O3S. The Labute approximate surface area is 112 Å². The molecule has 1 rings (SSSR count). The molecule has 18 heavy (non-hydrogen) atoms. The first-order chi connectivity index (χ1) is 8.70. The summed E-state index contributed by atoms with van der Waals surface area (Å²) in [5.74, 6) is 1.47. The van der Waals surface area contributed by atoms with E-state index < -0.39 is 0 Å². The standard InChI is InChI=1S/C12H20N2O3S/c1-4-17-12(15)10-8-13-14(2)11(10)9-18-7-5-6-16-3/h8H,4-7,9H2,1-3H3. The number of ether oxygens (including phenoxy) is 2. The van der Waals surface area contributed by atoms with Crippen molar-refractivity contribution < 1.29 is 14.3 Å². The van der Waals surface area contributed by atoms with Crippen LogP contribution < -0.4 is 0 Å². The Hall–Kier alpha value is -1.01. The molecule has 102 valence electrons. The van der Waals surface area contributed by atoms with E-state index >= 15 is 0 Å². The number of hydrogen-bond acceptors (Lipinski definition) is 5. The van der Waals surface area contributed by atoms with Gasteiger partial charge in [-0.2, -0.15) is 16.9 Å². The quantitative estimate of drug-likeness (QED) is 0.534. The highest BCUT2D eigenvalue weighted by Gasteiger charge is 2.16. The molecule has 0 aliphatic rings. The zero-order valence-electron chi connectivity index (χ0n) is 11.1. The molecule has 0 unspecified atom stereocenters.